The van der Waals surface area contributed by atoms with Gasteiger partial charge in [-0.25, -0.2) is 4.39 Å². The summed E-state index contributed by atoms with van der Waals surface area (Å²) in [6.45, 7) is 3.60. The van der Waals surface area contributed by atoms with Gasteiger partial charge in [0, 0.05) is 16.3 Å². The molecular formula is C20H22FNO3S. The highest BCUT2D eigenvalue weighted by Gasteiger charge is 2.17. The Morgan fingerprint density at radius 1 is 1.12 bits per heavy atom. The van der Waals surface area contributed by atoms with E-state index in [4.69, 9.17) is 4.74 Å². The second-order valence-electron chi connectivity index (χ2n) is 5.72. The number of benzene rings is 2. The van der Waals surface area contributed by atoms with Gasteiger partial charge in [-0.2, -0.15) is 0 Å². The predicted molar refractivity (Wildman–Crippen MR) is 102 cm³/mol. The van der Waals surface area contributed by atoms with Crippen molar-refractivity contribution >= 4 is 29.3 Å². The second-order valence-corrected chi connectivity index (χ2v) is 6.89. The Morgan fingerprint density at radius 3 is 2.38 bits per heavy atom. The van der Waals surface area contributed by atoms with E-state index in [9.17, 15) is 14.0 Å². The molecule has 0 aliphatic rings. The van der Waals surface area contributed by atoms with E-state index in [0.29, 0.717) is 11.4 Å². The first-order valence-corrected chi connectivity index (χ1v) is 9.44. The van der Waals surface area contributed by atoms with Gasteiger partial charge in [-0.05, 0) is 55.3 Å². The highest BCUT2D eigenvalue weighted by Crippen LogP contribution is 2.19. The largest absolute Gasteiger partial charge is 0.453 e. The van der Waals surface area contributed by atoms with Crippen molar-refractivity contribution in [2.75, 3.05) is 11.1 Å². The average molecular weight is 375 g/mol. The number of amides is 1. The molecule has 0 unspecified atom stereocenters. The molecule has 1 amide bonds. The van der Waals surface area contributed by atoms with Gasteiger partial charge in [0.1, 0.15) is 5.82 Å². The number of nitrogens with one attached hydrogen (secondary N) is 1. The molecular weight excluding hydrogens is 353 g/mol. The molecule has 0 aliphatic carbocycles. The molecule has 0 fully saturated rings. The third kappa shape index (κ3) is 6.52. The monoisotopic (exact) mass is 375 g/mol. The number of ether oxygens (including phenoxy) is 1. The molecule has 0 radical (unpaired) electrons. The van der Waals surface area contributed by atoms with Crippen molar-refractivity contribution in [3.8, 4) is 0 Å². The van der Waals surface area contributed by atoms with Crippen LogP contribution < -0.4 is 5.32 Å². The zero-order valence-corrected chi connectivity index (χ0v) is 15.6. The van der Waals surface area contributed by atoms with E-state index in [1.165, 1.54) is 29.5 Å². The van der Waals surface area contributed by atoms with E-state index in [2.05, 4.69) is 12.2 Å². The smallest absolute Gasteiger partial charge is 0.307 e. The third-order valence-corrected chi connectivity index (χ3v) is 4.71. The van der Waals surface area contributed by atoms with Crippen LogP contribution in [0.25, 0.3) is 0 Å². The molecule has 26 heavy (non-hydrogen) atoms. The number of aryl methyl sites for hydroxylation is 1. The second kappa shape index (κ2) is 9.97. The lowest BCUT2D eigenvalue weighted by Crippen LogP contribution is -2.30. The molecule has 2 aromatic rings. The Morgan fingerprint density at radius 2 is 1.77 bits per heavy atom. The number of thioether (sulfide) groups is 1. The van der Waals surface area contributed by atoms with Crippen LogP contribution in [0.3, 0.4) is 0 Å². The van der Waals surface area contributed by atoms with E-state index in [0.717, 1.165) is 11.3 Å². The first-order chi connectivity index (χ1) is 12.5. The lowest BCUT2D eigenvalue weighted by atomic mass is 10.1. The number of carbonyl (C=O) groups is 2. The van der Waals surface area contributed by atoms with Crippen LogP contribution in [0.2, 0.25) is 0 Å². The molecule has 0 saturated carbocycles. The van der Waals surface area contributed by atoms with Gasteiger partial charge in [-0.15, -0.1) is 11.8 Å². The minimum absolute atomic E-state index is 0.171. The summed E-state index contributed by atoms with van der Waals surface area (Å²) in [5.41, 5.74) is 1.85. The van der Waals surface area contributed by atoms with Crippen LogP contribution in [0.15, 0.2) is 53.4 Å². The summed E-state index contributed by atoms with van der Waals surface area (Å²) in [4.78, 5) is 24.8. The molecule has 1 N–H and O–H groups in total. The number of hydrogen-bond donors (Lipinski definition) is 1. The maximum atomic E-state index is 12.8. The molecule has 0 saturated heterocycles. The first kappa shape index (κ1) is 20.0. The highest BCUT2D eigenvalue weighted by molar-refractivity contribution is 7.99. The van der Waals surface area contributed by atoms with Gasteiger partial charge in [0.15, 0.2) is 6.10 Å². The van der Waals surface area contributed by atoms with Crippen molar-refractivity contribution in [2.45, 2.75) is 37.7 Å². The van der Waals surface area contributed by atoms with Crippen LogP contribution in [-0.4, -0.2) is 23.7 Å². The Balaban J connectivity index is 1.72. The van der Waals surface area contributed by atoms with E-state index in [1.54, 1.807) is 19.1 Å². The zero-order valence-electron chi connectivity index (χ0n) is 14.8. The van der Waals surface area contributed by atoms with Gasteiger partial charge in [-0.1, -0.05) is 19.1 Å². The third-order valence-electron chi connectivity index (χ3n) is 3.70. The zero-order chi connectivity index (χ0) is 18.9. The Bertz CT molecular complexity index is 732. The molecule has 6 heteroatoms. The van der Waals surface area contributed by atoms with Gasteiger partial charge in [0.25, 0.3) is 5.91 Å². The number of hydrogen-bond acceptors (Lipinski definition) is 4. The summed E-state index contributed by atoms with van der Waals surface area (Å²) in [6, 6.07) is 13.6. The molecule has 0 heterocycles. The fourth-order valence-electron chi connectivity index (χ4n) is 2.16. The van der Waals surface area contributed by atoms with Crippen molar-refractivity contribution in [3.63, 3.8) is 0 Å². The molecule has 0 bridgehead atoms. The summed E-state index contributed by atoms with van der Waals surface area (Å²) in [5.74, 6) is -0.604. The molecule has 0 aliphatic heterocycles. The SMILES string of the molecule is CCc1ccc(NC(=O)[C@H](C)OC(=O)CCSc2ccc(F)cc2)cc1. The quantitative estimate of drug-likeness (QED) is 0.547. The van der Waals surface area contributed by atoms with Crippen molar-refractivity contribution in [2.24, 2.45) is 0 Å². The van der Waals surface area contributed by atoms with Crippen molar-refractivity contribution in [3.05, 3.63) is 59.9 Å². The number of halogens is 1. The molecule has 2 rings (SSSR count). The molecule has 138 valence electrons. The molecule has 0 aromatic heterocycles. The summed E-state index contributed by atoms with van der Waals surface area (Å²) < 4.78 is 18.0. The van der Waals surface area contributed by atoms with Crippen LogP contribution in [-0.2, 0) is 20.7 Å². The van der Waals surface area contributed by atoms with Gasteiger partial charge in [0.2, 0.25) is 0 Å². The van der Waals surface area contributed by atoms with E-state index >= 15 is 0 Å². The summed E-state index contributed by atoms with van der Waals surface area (Å²) in [7, 11) is 0. The fourth-order valence-corrected chi connectivity index (χ4v) is 2.99. The first-order valence-electron chi connectivity index (χ1n) is 8.45. The maximum absolute atomic E-state index is 12.8. The van der Waals surface area contributed by atoms with Crippen LogP contribution in [0.5, 0.6) is 0 Å². The van der Waals surface area contributed by atoms with Crippen LogP contribution in [0.1, 0.15) is 25.8 Å². The summed E-state index contributed by atoms with van der Waals surface area (Å²) >= 11 is 1.43. The minimum atomic E-state index is -0.871. The van der Waals surface area contributed by atoms with E-state index < -0.39 is 12.1 Å². The number of rotatable bonds is 8. The molecule has 0 spiro atoms. The van der Waals surface area contributed by atoms with E-state index in [-0.39, 0.29) is 18.1 Å². The van der Waals surface area contributed by atoms with Gasteiger partial charge >= 0.3 is 5.97 Å². The molecule has 4 nitrogen and oxygen atoms in total. The van der Waals surface area contributed by atoms with Crippen molar-refractivity contribution in [1.82, 2.24) is 0 Å². The number of carbonyl (C=O) groups excluding carboxylic acids is 2. The van der Waals surface area contributed by atoms with Gasteiger partial charge in [-0.3, -0.25) is 9.59 Å². The van der Waals surface area contributed by atoms with Crippen LogP contribution >= 0.6 is 11.8 Å². The number of anilines is 1. The average Bonchev–Trinajstić information content (AvgIpc) is 2.64. The lowest BCUT2D eigenvalue weighted by molar-refractivity contribution is -0.152. The van der Waals surface area contributed by atoms with Crippen molar-refractivity contribution in [1.29, 1.82) is 0 Å². The molecule has 2 aromatic carbocycles. The van der Waals surface area contributed by atoms with Gasteiger partial charge in [0.05, 0.1) is 6.42 Å². The normalized spacial score (nSPS) is 11.7. The van der Waals surface area contributed by atoms with Crippen LogP contribution in [0, 0.1) is 5.82 Å². The van der Waals surface area contributed by atoms with Gasteiger partial charge < -0.3 is 10.1 Å². The highest BCUT2D eigenvalue weighted by atomic mass is 32.2. The standard InChI is InChI=1S/C20H22FNO3S/c1-3-15-4-8-17(9-5-15)22-20(24)14(2)25-19(23)12-13-26-18-10-6-16(21)7-11-18/h4-11,14H,3,12-13H2,1-2H3,(H,22,24)/t14-/m0/s1. The lowest BCUT2D eigenvalue weighted by Gasteiger charge is -2.13. The predicted octanol–water partition coefficient (Wildman–Crippen LogP) is 4.44. The Labute approximate surface area is 157 Å². The van der Waals surface area contributed by atoms with E-state index in [1.807, 2.05) is 24.3 Å². The Hall–Kier alpha value is -2.34. The fraction of sp³-hybridized carbons (Fsp3) is 0.300. The summed E-state index contributed by atoms with van der Waals surface area (Å²) in [6.07, 6.45) is 0.229. The van der Waals surface area contributed by atoms with Crippen LogP contribution in [0.4, 0.5) is 10.1 Å². The topological polar surface area (TPSA) is 55.4 Å². The summed E-state index contributed by atoms with van der Waals surface area (Å²) in [5, 5.41) is 2.73. The maximum Gasteiger partial charge on any atom is 0.307 e. The molecule has 1 atom stereocenters. The van der Waals surface area contributed by atoms with Crippen molar-refractivity contribution < 1.29 is 18.7 Å². The number of esters is 1. The minimum Gasteiger partial charge on any atom is -0.453 e. The Kier molecular flexibility index (Phi) is 7.66.